The number of nitrogens with zero attached hydrogens (tertiary/aromatic N) is 2. The van der Waals surface area contributed by atoms with Crippen LogP contribution in [0.15, 0.2) is 72.5 Å². The lowest BCUT2D eigenvalue weighted by Crippen LogP contribution is -2.33. The maximum atomic E-state index is 5.21. The Morgan fingerprint density at radius 1 is 0.931 bits per heavy atom. The highest BCUT2D eigenvalue weighted by Crippen LogP contribution is 2.18. The van der Waals surface area contributed by atoms with E-state index in [0.29, 0.717) is 0 Å². The third-order valence-electron chi connectivity index (χ3n) is 5.18. The summed E-state index contributed by atoms with van der Waals surface area (Å²) in [6.45, 7) is 6.43. The minimum atomic E-state index is 0.210. The van der Waals surface area contributed by atoms with E-state index in [-0.39, 0.29) is 6.04 Å². The van der Waals surface area contributed by atoms with E-state index in [9.17, 15) is 0 Å². The zero-order valence-corrected chi connectivity index (χ0v) is 17.8. The van der Waals surface area contributed by atoms with E-state index in [1.165, 1.54) is 11.3 Å². The molecule has 1 atom stereocenters. The summed E-state index contributed by atoms with van der Waals surface area (Å²) in [4.78, 5) is 2.35. The van der Waals surface area contributed by atoms with Gasteiger partial charge in [0, 0.05) is 31.5 Å². The maximum absolute atomic E-state index is 5.21. The number of likely N-dealkylation sites (N-methyl/N-ethyl adjacent to an activating group) is 1. The summed E-state index contributed by atoms with van der Waals surface area (Å²) < 4.78 is 5.21. The molecule has 1 heterocycles. The number of benzene rings is 2. The van der Waals surface area contributed by atoms with Crippen LogP contribution in [0, 0.1) is 0 Å². The molecule has 4 heteroatoms. The molecule has 0 aliphatic carbocycles. The van der Waals surface area contributed by atoms with Crippen molar-refractivity contribution < 1.29 is 4.74 Å². The molecule has 1 unspecified atom stereocenters. The van der Waals surface area contributed by atoms with Gasteiger partial charge in [-0.15, -0.1) is 0 Å². The maximum Gasteiger partial charge on any atom is 0.118 e. The van der Waals surface area contributed by atoms with Crippen LogP contribution >= 0.6 is 0 Å². The molecule has 0 saturated heterocycles. The van der Waals surface area contributed by atoms with Gasteiger partial charge in [-0.1, -0.05) is 42.5 Å². The van der Waals surface area contributed by atoms with Crippen molar-refractivity contribution in [2.24, 2.45) is 0 Å². The van der Waals surface area contributed by atoms with Gasteiger partial charge in [-0.2, -0.15) is 0 Å². The summed E-state index contributed by atoms with van der Waals surface area (Å²) >= 11 is 0. The summed E-state index contributed by atoms with van der Waals surface area (Å²) in [6, 6.07) is 17.0. The Labute approximate surface area is 174 Å². The Balaban J connectivity index is 1.63. The van der Waals surface area contributed by atoms with Crippen LogP contribution in [0.5, 0.6) is 5.75 Å². The van der Waals surface area contributed by atoms with Crippen molar-refractivity contribution >= 4 is 17.8 Å². The smallest absolute Gasteiger partial charge is 0.118 e. The number of anilines is 1. The number of methoxy groups -OCH3 is 1. The highest BCUT2D eigenvalue weighted by Gasteiger charge is 2.16. The summed E-state index contributed by atoms with van der Waals surface area (Å²) in [5.41, 5.74) is 8.13. The summed E-state index contributed by atoms with van der Waals surface area (Å²) in [6.07, 6.45) is 10.8. The average Bonchev–Trinajstić information content (AvgIpc) is 3.12. The first-order valence-electron chi connectivity index (χ1n) is 10.2. The zero-order chi connectivity index (χ0) is 20.6. The molecule has 1 aliphatic rings. The normalized spacial score (nSPS) is 17.0. The van der Waals surface area contributed by atoms with Crippen LogP contribution in [0.4, 0.5) is 5.69 Å². The lowest BCUT2D eigenvalue weighted by molar-refractivity contribution is 0.281. The Bertz CT molecular complexity index is 862. The van der Waals surface area contributed by atoms with E-state index >= 15 is 0 Å². The number of hydrogen-bond donors (Lipinski definition) is 1. The fourth-order valence-electron chi connectivity index (χ4n) is 3.38. The van der Waals surface area contributed by atoms with Gasteiger partial charge >= 0.3 is 0 Å². The van der Waals surface area contributed by atoms with E-state index in [0.717, 1.165) is 30.1 Å². The summed E-state index contributed by atoms with van der Waals surface area (Å²) in [5, 5.41) is 2.10. The average molecular weight is 390 g/mol. The van der Waals surface area contributed by atoms with E-state index < -0.39 is 0 Å². The first-order valence-corrected chi connectivity index (χ1v) is 10.2. The number of ether oxygens (including phenoxy) is 1. The second-order valence-electron chi connectivity index (χ2n) is 7.06. The van der Waals surface area contributed by atoms with Crippen LogP contribution in [-0.2, 0) is 0 Å². The molecule has 0 fully saturated rings. The Kier molecular flexibility index (Phi) is 7.14. The lowest BCUT2D eigenvalue weighted by Gasteiger charge is -2.20. The summed E-state index contributed by atoms with van der Waals surface area (Å²) in [5.74, 6) is 0.874. The van der Waals surface area contributed by atoms with E-state index in [1.54, 1.807) is 7.11 Å². The quantitative estimate of drug-likeness (QED) is 0.690. The van der Waals surface area contributed by atoms with Crippen LogP contribution in [0.3, 0.4) is 0 Å². The molecule has 0 bridgehead atoms. The van der Waals surface area contributed by atoms with Crippen molar-refractivity contribution in [1.29, 1.82) is 0 Å². The summed E-state index contributed by atoms with van der Waals surface area (Å²) in [7, 11) is 3.74. The van der Waals surface area contributed by atoms with Gasteiger partial charge in [0.05, 0.1) is 13.2 Å². The van der Waals surface area contributed by atoms with Crippen LogP contribution < -0.4 is 15.1 Å². The highest BCUT2D eigenvalue weighted by molar-refractivity contribution is 5.58. The largest absolute Gasteiger partial charge is 0.497 e. The minimum Gasteiger partial charge on any atom is -0.497 e. The SMILES string of the molecule is CCN(CC)c1ccc(C=CC2=CC(C=Cc3ccc(OC)cc3)N(C)N2)cc1. The minimum absolute atomic E-state index is 0.210. The third kappa shape index (κ3) is 5.52. The Morgan fingerprint density at radius 2 is 1.55 bits per heavy atom. The number of hydrazine groups is 1. The molecule has 0 aromatic heterocycles. The molecular weight excluding hydrogens is 358 g/mol. The van der Waals surface area contributed by atoms with E-state index in [1.807, 2.05) is 12.1 Å². The second kappa shape index (κ2) is 9.99. The van der Waals surface area contributed by atoms with E-state index in [2.05, 4.69) is 103 Å². The molecule has 1 N–H and O–H groups in total. The van der Waals surface area contributed by atoms with Crippen molar-refractivity contribution in [3.8, 4) is 5.75 Å². The van der Waals surface area contributed by atoms with Crippen molar-refractivity contribution in [2.75, 3.05) is 32.1 Å². The topological polar surface area (TPSA) is 27.7 Å². The number of allylic oxidation sites excluding steroid dienone is 1. The molecule has 0 spiro atoms. The number of nitrogens with one attached hydrogen (secondary N) is 1. The number of hydrogen-bond acceptors (Lipinski definition) is 4. The van der Waals surface area contributed by atoms with Gasteiger partial charge in [-0.25, -0.2) is 5.01 Å². The van der Waals surface area contributed by atoms with Gasteiger partial charge in [0.25, 0.3) is 0 Å². The first-order chi connectivity index (χ1) is 14.1. The van der Waals surface area contributed by atoms with Crippen LogP contribution in [0.1, 0.15) is 25.0 Å². The molecule has 4 nitrogen and oxygen atoms in total. The third-order valence-corrected chi connectivity index (χ3v) is 5.18. The predicted octanol–water partition coefficient (Wildman–Crippen LogP) is 4.97. The van der Waals surface area contributed by atoms with Crippen molar-refractivity contribution in [3.63, 3.8) is 0 Å². The molecule has 152 valence electrons. The molecule has 0 amide bonds. The monoisotopic (exact) mass is 389 g/mol. The zero-order valence-electron chi connectivity index (χ0n) is 17.8. The van der Waals surface area contributed by atoms with Crippen molar-refractivity contribution in [3.05, 3.63) is 83.6 Å². The van der Waals surface area contributed by atoms with Crippen LogP contribution in [0.2, 0.25) is 0 Å². The second-order valence-corrected chi connectivity index (χ2v) is 7.06. The molecule has 29 heavy (non-hydrogen) atoms. The lowest BCUT2D eigenvalue weighted by atomic mass is 10.1. The highest BCUT2D eigenvalue weighted by atomic mass is 16.5. The Morgan fingerprint density at radius 3 is 2.17 bits per heavy atom. The Hall–Kier alpha value is -2.98. The molecule has 2 aromatic carbocycles. The fraction of sp³-hybridized carbons (Fsp3) is 0.280. The van der Waals surface area contributed by atoms with Gasteiger partial charge in [0.15, 0.2) is 0 Å². The van der Waals surface area contributed by atoms with Crippen LogP contribution in [-0.4, -0.2) is 38.3 Å². The van der Waals surface area contributed by atoms with Gasteiger partial charge in [-0.05, 0) is 61.4 Å². The van der Waals surface area contributed by atoms with Crippen molar-refractivity contribution in [2.45, 2.75) is 19.9 Å². The first kappa shape index (κ1) is 20.7. The molecule has 0 radical (unpaired) electrons. The number of rotatable bonds is 8. The standard InChI is InChI=1S/C25H31N3O/c1-5-28(6-2)23-14-8-20(9-15-23)7-13-22-19-24(27(3)26-22)16-10-21-11-17-25(29-4)18-12-21/h7-19,24,26H,5-6H2,1-4H3. The molecular formula is C25H31N3O. The van der Waals surface area contributed by atoms with Gasteiger partial charge in [0.1, 0.15) is 5.75 Å². The van der Waals surface area contributed by atoms with Gasteiger partial charge < -0.3 is 15.1 Å². The predicted molar refractivity (Wildman–Crippen MR) is 124 cm³/mol. The molecule has 0 saturated carbocycles. The van der Waals surface area contributed by atoms with Crippen molar-refractivity contribution in [1.82, 2.24) is 10.4 Å². The molecule has 2 aromatic rings. The fourth-order valence-corrected chi connectivity index (χ4v) is 3.38. The van der Waals surface area contributed by atoms with E-state index in [4.69, 9.17) is 4.74 Å². The molecule has 3 rings (SSSR count). The van der Waals surface area contributed by atoms with Crippen LogP contribution in [0.25, 0.3) is 12.2 Å². The van der Waals surface area contributed by atoms with Gasteiger partial charge in [-0.3, -0.25) is 0 Å². The molecule has 1 aliphatic heterocycles. The van der Waals surface area contributed by atoms with Gasteiger partial charge in [0.2, 0.25) is 0 Å².